The first kappa shape index (κ1) is 16.6. The number of hydrogen-bond donors (Lipinski definition) is 4. The number of rotatable bonds is 7. The molecule has 0 spiro atoms. The van der Waals surface area contributed by atoms with Crippen molar-refractivity contribution in [2.45, 2.75) is 13.3 Å². The third-order valence-corrected chi connectivity index (χ3v) is 2.60. The minimum Gasteiger partial charge on any atom is -0.352 e. The first-order valence-electron chi connectivity index (χ1n) is 6.71. The Morgan fingerprint density at radius 3 is 2.29 bits per heavy atom. The Bertz CT molecular complexity index is 499. The second-order valence-electron chi connectivity index (χ2n) is 4.36. The highest BCUT2D eigenvalue weighted by atomic mass is 16.2. The molecule has 21 heavy (non-hydrogen) atoms. The molecule has 1 aromatic rings. The zero-order valence-electron chi connectivity index (χ0n) is 11.9. The number of benzene rings is 1. The lowest BCUT2D eigenvalue weighted by Crippen LogP contribution is -2.36. The first-order chi connectivity index (χ1) is 10.1. The molecule has 0 heterocycles. The topological polar surface area (TPSA) is 113 Å². The van der Waals surface area contributed by atoms with Crippen LogP contribution in [-0.2, 0) is 9.59 Å². The van der Waals surface area contributed by atoms with E-state index >= 15 is 0 Å². The van der Waals surface area contributed by atoms with Gasteiger partial charge in [0.15, 0.2) is 0 Å². The number of carbonyl (C=O) groups is 3. The molecular formula is C14H20N4O3. The first-order valence-corrected chi connectivity index (χ1v) is 6.71. The Kier molecular flexibility index (Phi) is 6.90. The second-order valence-corrected chi connectivity index (χ2v) is 4.36. The third-order valence-electron chi connectivity index (χ3n) is 2.60. The molecular weight excluding hydrogens is 272 g/mol. The van der Waals surface area contributed by atoms with E-state index in [0.29, 0.717) is 17.8 Å². The average Bonchev–Trinajstić information content (AvgIpc) is 2.50. The maximum Gasteiger partial charge on any atom is 0.251 e. The Hall–Kier alpha value is -2.41. The summed E-state index contributed by atoms with van der Waals surface area (Å²) in [6.45, 7) is 2.30. The molecule has 114 valence electrons. The van der Waals surface area contributed by atoms with Gasteiger partial charge in [-0.1, -0.05) is 6.92 Å². The van der Waals surface area contributed by atoms with Gasteiger partial charge in [-0.25, -0.2) is 0 Å². The van der Waals surface area contributed by atoms with Gasteiger partial charge in [-0.05, 0) is 30.7 Å². The van der Waals surface area contributed by atoms with Gasteiger partial charge in [0.25, 0.3) is 5.91 Å². The van der Waals surface area contributed by atoms with Crippen molar-refractivity contribution in [2.24, 2.45) is 5.73 Å². The maximum atomic E-state index is 11.7. The SMILES string of the molecule is CCCNC(=O)c1ccc(NC(=O)CNC(=O)CN)cc1. The van der Waals surface area contributed by atoms with E-state index in [1.165, 1.54) is 0 Å². The van der Waals surface area contributed by atoms with Crippen LogP contribution in [0.5, 0.6) is 0 Å². The highest BCUT2D eigenvalue weighted by molar-refractivity contribution is 5.97. The van der Waals surface area contributed by atoms with Crippen LogP contribution in [0.25, 0.3) is 0 Å². The van der Waals surface area contributed by atoms with Crippen LogP contribution in [0.15, 0.2) is 24.3 Å². The maximum absolute atomic E-state index is 11.7. The summed E-state index contributed by atoms with van der Waals surface area (Å²) in [5.41, 5.74) is 6.18. The van der Waals surface area contributed by atoms with Crippen molar-refractivity contribution >= 4 is 23.4 Å². The smallest absolute Gasteiger partial charge is 0.251 e. The van der Waals surface area contributed by atoms with Crippen molar-refractivity contribution in [2.75, 3.05) is 25.0 Å². The molecule has 0 fully saturated rings. The minimum atomic E-state index is -0.395. The highest BCUT2D eigenvalue weighted by Gasteiger charge is 2.07. The van der Waals surface area contributed by atoms with Crippen LogP contribution in [0.1, 0.15) is 23.7 Å². The summed E-state index contributed by atoms with van der Waals surface area (Å²) >= 11 is 0. The average molecular weight is 292 g/mol. The largest absolute Gasteiger partial charge is 0.352 e. The minimum absolute atomic E-state index is 0.144. The lowest BCUT2D eigenvalue weighted by Gasteiger charge is -2.07. The fourth-order valence-electron chi connectivity index (χ4n) is 1.50. The summed E-state index contributed by atoms with van der Waals surface area (Å²) in [7, 11) is 0. The fraction of sp³-hybridized carbons (Fsp3) is 0.357. The number of amides is 3. The molecule has 0 aliphatic heterocycles. The molecule has 0 bridgehead atoms. The molecule has 0 aromatic heterocycles. The van der Waals surface area contributed by atoms with Crippen LogP contribution in [0, 0.1) is 0 Å². The Balaban J connectivity index is 2.48. The van der Waals surface area contributed by atoms with E-state index in [2.05, 4.69) is 16.0 Å². The molecule has 1 aromatic carbocycles. The number of anilines is 1. The summed E-state index contributed by atoms with van der Waals surface area (Å²) in [6, 6.07) is 6.51. The van der Waals surface area contributed by atoms with E-state index < -0.39 is 5.91 Å². The van der Waals surface area contributed by atoms with Gasteiger partial charge in [-0.15, -0.1) is 0 Å². The van der Waals surface area contributed by atoms with E-state index in [-0.39, 0.29) is 24.9 Å². The molecule has 0 saturated carbocycles. The lowest BCUT2D eigenvalue weighted by atomic mass is 10.2. The van der Waals surface area contributed by atoms with Gasteiger partial charge in [0.05, 0.1) is 13.1 Å². The highest BCUT2D eigenvalue weighted by Crippen LogP contribution is 2.09. The van der Waals surface area contributed by atoms with E-state index in [0.717, 1.165) is 6.42 Å². The van der Waals surface area contributed by atoms with Crippen molar-refractivity contribution in [1.82, 2.24) is 10.6 Å². The van der Waals surface area contributed by atoms with Crippen LogP contribution in [0.4, 0.5) is 5.69 Å². The van der Waals surface area contributed by atoms with Crippen LogP contribution in [0.3, 0.4) is 0 Å². The van der Waals surface area contributed by atoms with Crippen LogP contribution in [-0.4, -0.2) is 37.4 Å². The molecule has 3 amide bonds. The molecule has 0 radical (unpaired) electrons. The molecule has 0 atom stereocenters. The van der Waals surface area contributed by atoms with Gasteiger partial charge in [0, 0.05) is 17.8 Å². The standard InChI is InChI=1S/C14H20N4O3/c1-2-7-16-14(21)10-3-5-11(6-4-10)18-13(20)9-17-12(19)8-15/h3-6H,2,7-9,15H2,1H3,(H,16,21)(H,17,19)(H,18,20). The number of nitrogens with two attached hydrogens (primary N) is 1. The third kappa shape index (κ3) is 6.05. The van der Waals surface area contributed by atoms with Crippen molar-refractivity contribution in [1.29, 1.82) is 0 Å². The molecule has 7 heteroatoms. The van der Waals surface area contributed by atoms with Crippen LogP contribution < -0.4 is 21.7 Å². The quantitative estimate of drug-likeness (QED) is 0.559. The predicted molar refractivity (Wildman–Crippen MR) is 79.8 cm³/mol. The predicted octanol–water partition coefficient (Wildman–Crippen LogP) is -0.160. The molecule has 5 N–H and O–H groups in total. The number of hydrogen-bond acceptors (Lipinski definition) is 4. The molecule has 1 rings (SSSR count). The number of carbonyl (C=O) groups excluding carboxylic acids is 3. The van der Waals surface area contributed by atoms with E-state index in [1.807, 2.05) is 6.92 Å². The Labute approximate surface area is 123 Å². The zero-order valence-corrected chi connectivity index (χ0v) is 11.9. The summed E-state index contributed by atoms with van der Waals surface area (Å²) in [6.07, 6.45) is 0.869. The number of nitrogens with one attached hydrogen (secondary N) is 3. The summed E-state index contributed by atoms with van der Waals surface area (Å²) < 4.78 is 0. The van der Waals surface area contributed by atoms with Crippen molar-refractivity contribution in [3.63, 3.8) is 0 Å². The van der Waals surface area contributed by atoms with Gasteiger partial charge >= 0.3 is 0 Å². The Morgan fingerprint density at radius 1 is 1.05 bits per heavy atom. The fourth-order valence-corrected chi connectivity index (χ4v) is 1.50. The van der Waals surface area contributed by atoms with Crippen LogP contribution in [0.2, 0.25) is 0 Å². The summed E-state index contributed by atoms with van der Waals surface area (Å²) in [5, 5.41) is 7.73. The van der Waals surface area contributed by atoms with Gasteiger partial charge in [-0.3, -0.25) is 14.4 Å². The van der Waals surface area contributed by atoms with Crippen molar-refractivity contribution in [3.8, 4) is 0 Å². The van der Waals surface area contributed by atoms with Crippen molar-refractivity contribution < 1.29 is 14.4 Å². The molecule has 0 saturated heterocycles. The second kappa shape index (κ2) is 8.70. The molecule has 0 unspecified atom stereocenters. The lowest BCUT2D eigenvalue weighted by molar-refractivity contribution is -0.123. The van der Waals surface area contributed by atoms with E-state index in [4.69, 9.17) is 5.73 Å². The molecule has 0 aliphatic carbocycles. The summed E-state index contributed by atoms with van der Waals surface area (Å²) in [5.74, 6) is -0.905. The van der Waals surface area contributed by atoms with Gasteiger partial charge < -0.3 is 21.7 Å². The molecule has 0 aliphatic rings. The van der Waals surface area contributed by atoms with E-state index in [1.54, 1.807) is 24.3 Å². The summed E-state index contributed by atoms with van der Waals surface area (Å²) in [4.78, 5) is 34.2. The normalized spacial score (nSPS) is 9.81. The van der Waals surface area contributed by atoms with Gasteiger partial charge in [0.1, 0.15) is 0 Å². The van der Waals surface area contributed by atoms with Gasteiger partial charge in [-0.2, -0.15) is 0 Å². The Morgan fingerprint density at radius 2 is 1.71 bits per heavy atom. The van der Waals surface area contributed by atoms with Crippen LogP contribution >= 0.6 is 0 Å². The van der Waals surface area contributed by atoms with E-state index in [9.17, 15) is 14.4 Å². The zero-order chi connectivity index (χ0) is 15.7. The van der Waals surface area contributed by atoms with Gasteiger partial charge in [0.2, 0.25) is 11.8 Å². The monoisotopic (exact) mass is 292 g/mol. The molecule has 7 nitrogen and oxygen atoms in total. The van der Waals surface area contributed by atoms with Crippen molar-refractivity contribution in [3.05, 3.63) is 29.8 Å².